The maximum Gasteiger partial charge on any atom is 0.135 e. The second kappa shape index (κ2) is 14.8. The molecule has 61 heavy (non-hydrogen) atoms. The first-order chi connectivity index (χ1) is 30.2. The van der Waals surface area contributed by atoms with Gasteiger partial charge in [-0.1, -0.05) is 164 Å². The van der Waals surface area contributed by atoms with E-state index in [2.05, 4.69) is 217 Å². The van der Waals surface area contributed by atoms with Crippen LogP contribution in [0.15, 0.2) is 206 Å². The molecule has 0 fully saturated rings. The fourth-order valence-corrected chi connectivity index (χ4v) is 11.1. The van der Waals surface area contributed by atoms with Gasteiger partial charge in [0.05, 0.1) is 0 Å². The van der Waals surface area contributed by atoms with Crippen molar-refractivity contribution in [1.82, 2.24) is 0 Å². The van der Waals surface area contributed by atoms with Crippen molar-refractivity contribution in [3.63, 3.8) is 0 Å². The number of thiophene rings is 1. The van der Waals surface area contributed by atoms with Crippen molar-refractivity contribution in [2.45, 2.75) is 24.9 Å². The molecule has 290 valence electrons. The van der Waals surface area contributed by atoms with Crippen molar-refractivity contribution in [2.75, 3.05) is 4.90 Å². The van der Waals surface area contributed by atoms with Crippen LogP contribution in [0.1, 0.15) is 33.9 Å². The van der Waals surface area contributed by atoms with Crippen LogP contribution in [0.2, 0.25) is 0 Å². The first kappa shape index (κ1) is 35.7. The van der Waals surface area contributed by atoms with Gasteiger partial charge in [0, 0.05) is 49.1 Å². The summed E-state index contributed by atoms with van der Waals surface area (Å²) in [6.07, 6.45) is 13.5. The zero-order valence-electron chi connectivity index (χ0n) is 33.5. The van der Waals surface area contributed by atoms with Crippen LogP contribution in [0.5, 0.6) is 5.75 Å². The van der Waals surface area contributed by atoms with Gasteiger partial charge >= 0.3 is 0 Å². The molecule has 3 aliphatic rings. The molecule has 0 N–H and O–H groups in total. The Labute approximate surface area is 360 Å². The van der Waals surface area contributed by atoms with E-state index in [-0.39, 0.29) is 12.0 Å². The fourth-order valence-electron chi connectivity index (χ4n) is 9.79. The van der Waals surface area contributed by atoms with Gasteiger partial charge in [-0.25, -0.2) is 0 Å². The summed E-state index contributed by atoms with van der Waals surface area (Å²) in [5.41, 5.74) is 15.8. The lowest BCUT2D eigenvalue weighted by atomic mass is 9.82. The third-order valence-electron chi connectivity index (χ3n) is 12.7. The third-order valence-corrected chi connectivity index (χ3v) is 14.0. The van der Waals surface area contributed by atoms with Crippen LogP contribution in [0.3, 0.4) is 0 Å². The van der Waals surface area contributed by atoms with Gasteiger partial charge in [-0.3, -0.25) is 0 Å². The SMILES string of the molecule is C1=CC2c3cc(-c4ccccc4)c4ccccc4c3OC2C(c2ccc(N(c3ccc(-c4cccc5c6c(sc45)C=CCC6)cc3)c3cccc(-c4ccccc4)c3)cc2)=C1. The van der Waals surface area contributed by atoms with E-state index < -0.39 is 0 Å². The number of benzene rings is 8. The fraction of sp³-hybridized carbons (Fsp3) is 0.0690. The van der Waals surface area contributed by atoms with Crippen molar-refractivity contribution < 1.29 is 4.74 Å². The van der Waals surface area contributed by atoms with Crippen molar-refractivity contribution in [3.8, 4) is 39.1 Å². The van der Waals surface area contributed by atoms with E-state index in [9.17, 15) is 0 Å². The Morgan fingerprint density at radius 2 is 1.18 bits per heavy atom. The van der Waals surface area contributed by atoms with Gasteiger partial charge in [-0.2, -0.15) is 0 Å². The first-order valence-electron chi connectivity index (χ1n) is 21.3. The minimum Gasteiger partial charge on any atom is -0.484 e. The highest BCUT2D eigenvalue weighted by Gasteiger charge is 2.38. The summed E-state index contributed by atoms with van der Waals surface area (Å²) < 4.78 is 8.40. The Balaban J connectivity index is 0.908. The molecule has 2 unspecified atom stereocenters. The Bertz CT molecular complexity index is 3210. The lowest BCUT2D eigenvalue weighted by Crippen LogP contribution is -2.21. The summed E-state index contributed by atoms with van der Waals surface area (Å²) in [4.78, 5) is 3.79. The average molecular weight is 800 g/mol. The summed E-state index contributed by atoms with van der Waals surface area (Å²) in [6.45, 7) is 0. The number of fused-ring (bicyclic) bond motifs is 8. The van der Waals surface area contributed by atoms with Crippen molar-refractivity contribution in [1.29, 1.82) is 0 Å². The zero-order valence-corrected chi connectivity index (χ0v) is 34.4. The van der Waals surface area contributed by atoms with E-state index in [0.29, 0.717) is 0 Å². The average Bonchev–Trinajstić information content (AvgIpc) is 3.92. The van der Waals surface area contributed by atoms with Gasteiger partial charge in [0.1, 0.15) is 11.9 Å². The Morgan fingerprint density at radius 1 is 0.525 bits per heavy atom. The summed E-state index contributed by atoms with van der Waals surface area (Å²) in [7, 11) is 0. The summed E-state index contributed by atoms with van der Waals surface area (Å²) >= 11 is 1.93. The molecule has 0 saturated heterocycles. The van der Waals surface area contributed by atoms with Gasteiger partial charge in [0.2, 0.25) is 0 Å². The van der Waals surface area contributed by atoms with Crippen molar-refractivity contribution in [2.24, 2.45) is 0 Å². The van der Waals surface area contributed by atoms with Crippen LogP contribution in [-0.2, 0) is 6.42 Å². The maximum atomic E-state index is 7.02. The quantitative estimate of drug-likeness (QED) is 0.159. The zero-order chi connectivity index (χ0) is 40.3. The van der Waals surface area contributed by atoms with Gasteiger partial charge in [0.25, 0.3) is 0 Å². The monoisotopic (exact) mass is 799 g/mol. The van der Waals surface area contributed by atoms with E-state index >= 15 is 0 Å². The topological polar surface area (TPSA) is 12.5 Å². The molecule has 9 aromatic rings. The predicted molar refractivity (Wildman–Crippen MR) is 258 cm³/mol. The molecule has 1 aliphatic heterocycles. The van der Waals surface area contributed by atoms with Gasteiger partial charge in [-0.15, -0.1) is 11.3 Å². The van der Waals surface area contributed by atoms with Crippen LogP contribution >= 0.6 is 11.3 Å². The molecule has 1 aromatic heterocycles. The number of hydrogen-bond donors (Lipinski definition) is 0. The van der Waals surface area contributed by atoms with E-state index in [1.54, 1.807) is 0 Å². The minimum atomic E-state index is -0.110. The molecule has 0 radical (unpaired) electrons. The highest BCUT2D eigenvalue weighted by molar-refractivity contribution is 7.20. The molecule has 2 nitrogen and oxygen atoms in total. The van der Waals surface area contributed by atoms with Gasteiger partial charge in [-0.05, 0) is 117 Å². The number of hydrogen-bond acceptors (Lipinski definition) is 3. The second-order valence-corrected chi connectivity index (χ2v) is 17.3. The van der Waals surface area contributed by atoms with E-state index in [0.717, 1.165) is 35.7 Å². The van der Waals surface area contributed by atoms with E-state index in [4.69, 9.17) is 4.74 Å². The van der Waals surface area contributed by atoms with E-state index in [1.165, 1.54) is 81.4 Å². The predicted octanol–water partition coefficient (Wildman–Crippen LogP) is 16.0. The summed E-state index contributed by atoms with van der Waals surface area (Å²) in [5.74, 6) is 1.12. The Morgan fingerprint density at radius 3 is 1.97 bits per heavy atom. The van der Waals surface area contributed by atoms with Crippen LogP contribution in [0, 0.1) is 0 Å². The molecular formula is C58H41NOS. The number of rotatable bonds is 7. The molecule has 2 atom stereocenters. The normalized spacial score (nSPS) is 16.2. The Kier molecular flexibility index (Phi) is 8.67. The van der Waals surface area contributed by atoms with Gasteiger partial charge in [0.15, 0.2) is 0 Å². The number of ether oxygens (including phenoxy) is 1. The molecule has 3 heteroatoms. The largest absolute Gasteiger partial charge is 0.484 e. The van der Waals surface area contributed by atoms with Crippen LogP contribution in [0.4, 0.5) is 17.1 Å². The molecule has 2 heterocycles. The third kappa shape index (κ3) is 6.15. The second-order valence-electron chi connectivity index (χ2n) is 16.2. The number of aryl methyl sites for hydroxylation is 1. The highest BCUT2D eigenvalue weighted by Crippen LogP contribution is 2.51. The molecule has 0 bridgehead atoms. The molecule has 12 rings (SSSR count). The van der Waals surface area contributed by atoms with Gasteiger partial charge < -0.3 is 9.64 Å². The number of anilines is 3. The smallest absolute Gasteiger partial charge is 0.135 e. The highest BCUT2D eigenvalue weighted by atomic mass is 32.1. The summed E-state index contributed by atoms with van der Waals surface area (Å²) in [5, 5.41) is 3.78. The first-order valence-corrected chi connectivity index (χ1v) is 22.1. The molecule has 0 saturated carbocycles. The molecular weight excluding hydrogens is 759 g/mol. The standard InChI is InChI=1S/C58H41NOS/c1-3-14-38(15-4-1)42-18-11-19-45(36-42)59(44-34-30-41(31-35-44)47-24-13-26-52-49-21-9-10-27-55(49)61-58(47)52)43-32-28-40(29-33-43)46-23-12-25-51-54-37-53(39-16-5-2-6-17-39)48-20-7-8-22-50(48)57(54)60-56(46)51/h1-8,10-20,22-37,51,56H,9,21H2. The summed E-state index contributed by atoms with van der Waals surface area (Å²) in [6, 6.07) is 66.3. The molecule has 0 spiro atoms. The number of allylic oxidation sites excluding steroid dienone is 3. The van der Waals surface area contributed by atoms with Crippen LogP contribution in [0.25, 0.3) is 65.9 Å². The van der Waals surface area contributed by atoms with Crippen LogP contribution < -0.4 is 9.64 Å². The van der Waals surface area contributed by atoms with E-state index in [1.807, 2.05) is 11.3 Å². The van der Waals surface area contributed by atoms with Crippen molar-refractivity contribution in [3.05, 3.63) is 228 Å². The minimum absolute atomic E-state index is 0.110. The lowest BCUT2D eigenvalue weighted by molar-refractivity contribution is 0.281. The molecule has 8 aromatic carbocycles. The van der Waals surface area contributed by atoms with Crippen LogP contribution in [-0.4, -0.2) is 6.10 Å². The van der Waals surface area contributed by atoms with Crippen molar-refractivity contribution >= 4 is 60.9 Å². The molecule has 2 aliphatic carbocycles. The Hall–Kier alpha value is -7.20. The maximum absolute atomic E-state index is 7.02. The molecule has 0 amide bonds. The number of nitrogens with zero attached hydrogens (tertiary/aromatic N) is 1. The lowest BCUT2D eigenvalue weighted by Gasteiger charge is -2.27.